The third-order valence-electron chi connectivity index (χ3n) is 4.52. The predicted octanol–water partition coefficient (Wildman–Crippen LogP) is 2.45. The van der Waals surface area contributed by atoms with Gasteiger partial charge in [-0.15, -0.1) is 0 Å². The monoisotopic (exact) mass is 404 g/mol. The Balaban J connectivity index is 1.49. The van der Waals surface area contributed by atoms with Crippen LogP contribution in [0.15, 0.2) is 36.5 Å². The van der Waals surface area contributed by atoms with Gasteiger partial charge in [0.15, 0.2) is 18.1 Å². The Bertz CT molecular complexity index is 1250. The average molecular weight is 404 g/mol. The highest BCUT2D eigenvalue weighted by Crippen LogP contribution is 2.19. The molecule has 0 saturated carbocycles. The van der Waals surface area contributed by atoms with Gasteiger partial charge in [0.25, 0.3) is 0 Å². The molecular weight excluding hydrogens is 384 g/mol. The zero-order valence-electron chi connectivity index (χ0n) is 16.7. The van der Waals surface area contributed by atoms with Gasteiger partial charge in [-0.05, 0) is 31.5 Å². The number of rotatable bonds is 5. The molecule has 0 amide bonds. The maximum absolute atomic E-state index is 12.5. The molecule has 0 aliphatic carbocycles. The third-order valence-corrected chi connectivity index (χ3v) is 4.52. The number of nitrogens with zero attached hydrogens (tertiary/aromatic N) is 6. The zero-order valence-corrected chi connectivity index (χ0v) is 16.7. The molecule has 0 atom stereocenters. The van der Waals surface area contributed by atoms with E-state index in [1.54, 1.807) is 17.8 Å². The van der Waals surface area contributed by atoms with Gasteiger partial charge in [-0.1, -0.05) is 18.2 Å². The number of esters is 1. The molecule has 0 unspecified atom stereocenters. The van der Waals surface area contributed by atoms with E-state index >= 15 is 0 Å². The number of carbonyl (C=O) groups excluding carboxylic acids is 1. The molecule has 0 saturated heterocycles. The molecule has 10 heteroatoms. The molecule has 3 heterocycles. The summed E-state index contributed by atoms with van der Waals surface area (Å²) in [5, 5.41) is 8.19. The Hall–Kier alpha value is -4.08. The molecular formula is C20H20N8O2. The number of carbonyl (C=O) groups is 1. The van der Waals surface area contributed by atoms with Crippen LogP contribution < -0.4 is 11.1 Å². The van der Waals surface area contributed by atoms with Crippen LogP contribution in [0.25, 0.3) is 11.0 Å². The lowest BCUT2D eigenvalue weighted by molar-refractivity contribution is 0.0462. The molecule has 4 aromatic rings. The lowest BCUT2D eigenvalue weighted by Crippen LogP contribution is -2.11. The normalized spacial score (nSPS) is 10.9. The summed E-state index contributed by atoms with van der Waals surface area (Å²) in [4.78, 5) is 29.2. The van der Waals surface area contributed by atoms with Gasteiger partial charge in [0, 0.05) is 24.3 Å². The van der Waals surface area contributed by atoms with Crippen LogP contribution in [0.1, 0.15) is 27.4 Å². The summed E-state index contributed by atoms with van der Waals surface area (Å²) < 4.78 is 7.01. The number of benzene rings is 1. The van der Waals surface area contributed by atoms with Crippen LogP contribution in [0.5, 0.6) is 0 Å². The molecule has 0 radical (unpaired) electrons. The second-order valence-electron chi connectivity index (χ2n) is 6.75. The predicted molar refractivity (Wildman–Crippen MR) is 111 cm³/mol. The standard InChI is InChI=1S/C20H20N8O2/c1-11-6-4-5-7-15(11)23-20-25-16(24-19(21)26-20)10-30-18(29)13-8-14-12(2)27-28(3)17(14)22-9-13/h4-9H,10H2,1-3H3,(H3,21,23,24,25,26). The molecule has 0 aliphatic rings. The number of nitrogen functional groups attached to an aromatic ring is 1. The van der Waals surface area contributed by atoms with Crippen LogP contribution in [-0.4, -0.2) is 35.7 Å². The number of pyridine rings is 1. The summed E-state index contributed by atoms with van der Waals surface area (Å²) in [7, 11) is 1.80. The highest BCUT2D eigenvalue weighted by molar-refractivity contribution is 5.93. The van der Waals surface area contributed by atoms with Crippen molar-refractivity contribution in [3.63, 3.8) is 0 Å². The largest absolute Gasteiger partial charge is 0.454 e. The van der Waals surface area contributed by atoms with Crippen molar-refractivity contribution in [1.82, 2.24) is 29.7 Å². The van der Waals surface area contributed by atoms with E-state index in [0.717, 1.165) is 22.3 Å². The van der Waals surface area contributed by atoms with Crippen LogP contribution >= 0.6 is 0 Å². The lowest BCUT2D eigenvalue weighted by Gasteiger charge is -2.09. The molecule has 0 bridgehead atoms. The number of nitrogens with two attached hydrogens (primary N) is 1. The van der Waals surface area contributed by atoms with Gasteiger partial charge in [-0.2, -0.15) is 20.1 Å². The van der Waals surface area contributed by atoms with Crippen molar-refractivity contribution in [3.8, 4) is 0 Å². The summed E-state index contributed by atoms with van der Waals surface area (Å²) in [6.45, 7) is 3.66. The molecule has 4 rings (SSSR count). The second kappa shape index (κ2) is 7.74. The van der Waals surface area contributed by atoms with Crippen molar-refractivity contribution in [1.29, 1.82) is 0 Å². The van der Waals surface area contributed by atoms with Crippen molar-refractivity contribution >= 4 is 34.6 Å². The molecule has 30 heavy (non-hydrogen) atoms. The summed E-state index contributed by atoms with van der Waals surface area (Å²) >= 11 is 0. The fourth-order valence-electron chi connectivity index (χ4n) is 3.02. The summed E-state index contributed by atoms with van der Waals surface area (Å²) in [5.41, 5.74) is 9.46. The summed E-state index contributed by atoms with van der Waals surface area (Å²) in [6.07, 6.45) is 1.46. The van der Waals surface area contributed by atoms with Crippen LogP contribution in [0.3, 0.4) is 0 Å². The Morgan fingerprint density at radius 2 is 2.00 bits per heavy atom. The van der Waals surface area contributed by atoms with Crippen molar-refractivity contribution in [3.05, 3.63) is 59.2 Å². The average Bonchev–Trinajstić information content (AvgIpc) is 3.01. The minimum absolute atomic E-state index is 0.0289. The van der Waals surface area contributed by atoms with Gasteiger partial charge in [-0.25, -0.2) is 9.78 Å². The first-order valence-corrected chi connectivity index (χ1v) is 9.20. The minimum atomic E-state index is -0.542. The quantitative estimate of drug-likeness (QED) is 0.481. The topological polar surface area (TPSA) is 134 Å². The number of nitrogens with one attached hydrogen (secondary N) is 1. The molecule has 1 aromatic carbocycles. The molecule has 0 aliphatic heterocycles. The van der Waals surface area contributed by atoms with Crippen molar-refractivity contribution in [2.45, 2.75) is 20.5 Å². The van der Waals surface area contributed by atoms with E-state index in [1.165, 1.54) is 6.20 Å². The van der Waals surface area contributed by atoms with Crippen LogP contribution in [0, 0.1) is 13.8 Å². The number of fused-ring (bicyclic) bond motifs is 1. The van der Waals surface area contributed by atoms with E-state index in [0.29, 0.717) is 11.2 Å². The first-order valence-electron chi connectivity index (χ1n) is 9.20. The van der Waals surface area contributed by atoms with E-state index < -0.39 is 5.97 Å². The number of hydrogen-bond donors (Lipinski definition) is 2. The second-order valence-corrected chi connectivity index (χ2v) is 6.75. The molecule has 152 valence electrons. The van der Waals surface area contributed by atoms with Crippen molar-refractivity contribution in [2.75, 3.05) is 11.1 Å². The number of para-hydroxylation sites is 1. The molecule has 3 aromatic heterocycles. The summed E-state index contributed by atoms with van der Waals surface area (Å²) in [5.74, 6) is -0.00305. The Morgan fingerprint density at radius 3 is 2.80 bits per heavy atom. The van der Waals surface area contributed by atoms with Gasteiger partial charge in [-0.3, -0.25) is 4.68 Å². The highest BCUT2D eigenvalue weighted by Gasteiger charge is 2.14. The maximum atomic E-state index is 12.5. The van der Waals surface area contributed by atoms with Gasteiger partial charge >= 0.3 is 5.97 Å². The first-order chi connectivity index (χ1) is 14.4. The fraction of sp³-hybridized carbons (Fsp3) is 0.200. The first kappa shape index (κ1) is 19.2. The SMILES string of the molecule is Cc1ccccc1Nc1nc(N)nc(COC(=O)c2cnc3c(c2)c(C)nn3C)n1. The van der Waals surface area contributed by atoms with Crippen molar-refractivity contribution in [2.24, 2.45) is 7.05 Å². The van der Waals surface area contributed by atoms with Gasteiger partial charge < -0.3 is 15.8 Å². The maximum Gasteiger partial charge on any atom is 0.340 e. The molecule has 3 N–H and O–H groups in total. The van der Waals surface area contributed by atoms with Crippen LogP contribution in [0.2, 0.25) is 0 Å². The van der Waals surface area contributed by atoms with E-state index in [4.69, 9.17) is 10.5 Å². The highest BCUT2D eigenvalue weighted by atomic mass is 16.5. The van der Waals surface area contributed by atoms with E-state index in [-0.39, 0.29) is 24.3 Å². The van der Waals surface area contributed by atoms with Crippen LogP contribution in [0.4, 0.5) is 17.6 Å². The van der Waals surface area contributed by atoms with Gasteiger partial charge in [0.2, 0.25) is 11.9 Å². The Kier molecular flexibility index (Phi) is 4.97. The molecule has 0 fully saturated rings. The summed E-state index contributed by atoms with van der Waals surface area (Å²) in [6, 6.07) is 9.41. The zero-order chi connectivity index (χ0) is 21.3. The van der Waals surface area contributed by atoms with E-state index in [1.807, 2.05) is 38.1 Å². The Morgan fingerprint density at radius 1 is 1.20 bits per heavy atom. The van der Waals surface area contributed by atoms with E-state index in [2.05, 4.69) is 30.4 Å². The number of ether oxygens (including phenoxy) is 1. The smallest absolute Gasteiger partial charge is 0.340 e. The van der Waals surface area contributed by atoms with Gasteiger partial charge in [0.1, 0.15) is 0 Å². The number of aryl methyl sites for hydroxylation is 3. The third kappa shape index (κ3) is 3.88. The minimum Gasteiger partial charge on any atom is -0.454 e. The Labute approximate surface area is 172 Å². The lowest BCUT2D eigenvalue weighted by atomic mass is 10.2. The molecule has 0 spiro atoms. The fourth-order valence-corrected chi connectivity index (χ4v) is 3.02. The number of anilines is 3. The van der Waals surface area contributed by atoms with Crippen LogP contribution in [-0.2, 0) is 18.4 Å². The molecule has 10 nitrogen and oxygen atoms in total. The van der Waals surface area contributed by atoms with Gasteiger partial charge in [0.05, 0.1) is 11.3 Å². The van der Waals surface area contributed by atoms with Crippen molar-refractivity contribution < 1.29 is 9.53 Å². The number of hydrogen-bond acceptors (Lipinski definition) is 9. The number of aromatic nitrogens is 6. The van der Waals surface area contributed by atoms with E-state index in [9.17, 15) is 4.79 Å².